The number of hydrazone groups is 1. The fraction of sp³-hybridized carbons (Fsp3) is 0.333. The van der Waals surface area contributed by atoms with E-state index in [1.165, 1.54) is 5.01 Å². The molecule has 13 heteroatoms. The second-order valence-corrected chi connectivity index (χ2v) is 11.3. The minimum absolute atomic E-state index is 0.132. The fourth-order valence-corrected chi connectivity index (χ4v) is 6.45. The van der Waals surface area contributed by atoms with Gasteiger partial charge in [-0.1, -0.05) is 24.3 Å². The van der Waals surface area contributed by atoms with E-state index in [0.29, 0.717) is 5.75 Å². The van der Waals surface area contributed by atoms with Gasteiger partial charge >= 0.3 is 0 Å². The summed E-state index contributed by atoms with van der Waals surface area (Å²) in [5.74, 6) is 0.565. The maximum Gasteiger partial charge on any atom is 0.300 e. The normalized spacial score (nSPS) is 20.2. The third-order valence-corrected chi connectivity index (χ3v) is 8.66. The van der Waals surface area contributed by atoms with Gasteiger partial charge in [0.1, 0.15) is 11.5 Å². The van der Waals surface area contributed by atoms with Gasteiger partial charge in [-0.25, -0.2) is 5.01 Å². The number of methoxy groups -OCH3 is 2. The average Bonchev–Trinajstić information content (AvgIpc) is 3.48. The van der Waals surface area contributed by atoms with Crippen LogP contribution in [-0.4, -0.2) is 67.0 Å². The minimum Gasteiger partial charge on any atom is -0.497 e. The highest BCUT2D eigenvalue weighted by molar-refractivity contribution is 6.09. The summed E-state index contributed by atoms with van der Waals surface area (Å²) in [6, 6.07) is 16.7. The SMILES string of the molecule is COc1ccc(/C=C2\CCCC3C2=NN(C(=O)c2cc([N+](=O)[O-])c(N4CCOCC4)c([N+](=O)[O-])c2)C3c2ccc(OC)cc2)cc1. The topological polar surface area (TPSA) is 150 Å². The molecular formula is C33H33N5O8. The molecule has 46 heavy (non-hydrogen) atoms. The van der Waals surface area contributed by atoms with Gasteiger partial charge in [0.15, 0.2) is 5.69 Å². The first-order valence-electron chi connectivity index (χ1n) is 15.0. The molecular weight excluding hydrogens is 594 g/mol. The standard InChI is InChI=1S/C33H33N5O8/c1-44-25-10-6-21(7-11-25)18-23-4-3-5-27-30(23)34-36(31(27)22-8-12-26(45-2)13-9-22)33(39)24-19-28(37(40)41)32(29(20-24)38(42)43)35-14-16-46-17-15-35/h6-13,18-20,27,31H,3-5,14-17H2,1-2H3/b23-18+. The zero-order valence-corrected chi connectivity index (χ0v) is 25.5. The molecule has 2 aliphatic heterocycles. The number of ether oxygens (including phenoxy) is 3. The highest BCUT2D eigenvalue weighted by Gasteiger charge is 2.45. The van der Waals surface area contributed by atoms with Crippen LogP contribution in [0.5, 0.6) is 11.5 Å². The summed E-state index contributed by atoms with van der Waals surface area (Å²) in [4.78, 5) is 39.1. The van der Waals surface area contributed by atoms with Crippen LogP contribution in [0.4, 0.5) is 17.1 Å². The van der Waals surface area contributed by atoms with E-state index in [4.69, 9.17) is 19.3 Å². The molecule has 3 aromatic rings. The number of nitrogens with zero attached hydrogens (tertiary/aromatic N) is 5. The van der Waals surface area contributed by atoms with Gasteiger partial charge in [-0.2, -0.15) is 5.10 Å². The molecule has 6 rings (SSSR count). The van der Waals surface area contributed by atoms with Gasteiger partial charge in [-0.05, 0) is 66.3 Å². The lowest BCUT2D eigenvalue weighted by atomic mass is 9.77. The van der Waals surface area contributed by atoms with Crippen molar-refractivity contribution >= 4 is 34.8 Å². The van der Waals surface area contributed by atoms with Crippen LogP contribution < -0.4 is 14.4 Å². The summed E-state index contributed by atoms with van der Waals surface area (Å²) in [6.45, 7) is 1.05. The lowest BCUT2D eigenvalue weighted by Gasteiger charge is -2.30. The molecule has 3 aliphatic rings. The van der Waals surface area contributed by atoms with Crippen LogP contribution in [0.3, 0.4) is 0 Å². The summed E-state index contributed by atoms with van der Waals surface area (Å²) in [5, 5.41) is 30.8. The van der Waals surface area contributed by atoms with Crippen molar-refractivity contribution < 1.29 is 28.9 Å². The quantitative estimate of drug-likeness (QED) is 0.223. The number of nitro benzene ring substituents is 2. The van der Waals surface area contributed by atoms with Crippen LogP contribution in [0, 0.1) is 26.1 Å². The predicted octanol–water partition coefficient (Wildman–Crippen LogP) is 5.79. The van der Waals surface area contributed by atoms with Crippen LogP contribution in [0.25, 0.3) is 6.08 Å². The Balaban J connectivity index is 1.45. The number of fused-ring (bicyclic) bond motifs is 1. The van der Waals surface area contributed by atoms with Crippen LogP contribution in [0.1, 0.15) is 46.8 Å². The first-order chi connectivity index (χ1) is 22.3. The number of benzene rings is 3. The molecule has 238 valence electrons. The summed E-state index contributed by atoms with van der Waals surface area (Å²) < 4.78 is 16.0. The number of allylic oxidation sites excluding steroid dienone is 1. The summed E-state index contributed by atoms with van der Waals surface area (Å²) in [6.07, 6.45) is 4.43. The van der Waals surface area contributed by atoms with E-state index in [0.717, 1.165) is 59.6 Å². The van der Waals surface area contributed by atoms with E-state index < -0.39 is 33.2 Å². The van der Waals surface area contributed by atoms with Gasteiger partial charge in [0, 0.05) is 31.1 Å². The Kier molecular flexibility index (Phi) is 8.66. The second-order valence-electron chi connectivity index (χ2n) is 11.3. The molecule has 0 radical (unpaired) electrons. The fourth-order valence-electron chi connectivity index (χ4n) is 6.45. The second kappa shape index (κ2) is 13.0. The molecule has 1 amide bonds. The smallest absolute Gasteiger partial charge is 0.300 e. The molecule has 1 saturated heterocycles. The molecule has 0 aromatic heterocycles. The Labute approximate surface area is 265 Å². The largest absolute Gasteiger partial charge is 0.497 e. The number of anilines is 1. The monoisotopic (exact) mass is 627 g/mol. The summed E-state index contributed by atoms with van der Waals surface area (Å²) in [5.41, 5.74) is 2.16. The number of hydrogen-bond donors (Lipinski definition) is 0. The van der Waals surface area contributed by atoms with Crippen molar-refractivity contribution in [1.82, 2.24) is 5.01 Å². The van der Waals surface area contributed by atoms with Crippen molar-refractivity contribution in [3.05, 3.63) is 103 Å². The van der Waals surface area contributed by atoms with Gasteiger partial charge in [0.25, 0.3) is 17.3 Å². The third kappa shape index (κ3) is 5.88. The van der Waals surface area contributed by atoms with Gasteiger partial charge in [-0.3, -0.25) is 25.0 Å². The van der Waals surface area contributed by atoms with Crippen molar-refractivity contribution in [3.8, 4) is 11.5 Å². The number of hydrogen-bond acceptors (Lipinski definition) is 10. The molecule has 13 nitrogen and oxygen atoms in total. The number of carbonyl (C=O) groups is 1. The highest BCUT2D eigenvalue weighted by Crippen LogP contribution is 2.46. The van der Waals surface area contributed by atoms with Crippen LogP contribution in [0.2, 0.25) is 0 Å². The predicted molar refractivity (Wildman–Crippen MR) is 170 cm³/mol. The van der Waals surface area contributed by atoms with E-state index in [1.54, 1.807) is 31.3 Å². The Bertz CT molecular complexity index is 1680. The van der Waals surface area contributed by atoms with E-state index in [-0.39, 0.29) is 43.5 Å². The molecule has 2 atom stereocenters. The van der Waals surface area contributed by atoms with Gasteiger partial charge in [0.2, 0.25) is 0 Å². The first-order valence-corrected chi connectivity index (χ1v) is 15.0. The summed E-state index contributed by atoms with van der Waals surface area (Å²) >= 11 is 0. The van der Waals surface area contributed by atoms with Gasteiger partial charge < -0.3 is 19.1 Å². The third-order valence-electron chi connectivity index (χ3n) is 8.66. The molecule has 2 fully saturated rings. The number of amides is 1. The molecule has 1 saturated carbocycles. The Morgan fingerprint density at radius 3 is 2.09 bits per heavy atom. The minimum atomic E-state index is -0.680. The van der Waals surface area contributed by atoms with Gasteiger partial charge in [-0.15, -0.1) is 0 Å². The van der Waals surface area contributed by atoms with Crippen molar-refractivity contribution in [2.24, 2.45) is 11.0 Å². The van der Waals surface area contributed by atoms with E-state index in [9.17, 15) is 25.0 Å². The highest BCUT2D eigenvalue weighted by atomic mass is 16.6. The molecule has 0 bridgehead atoms. The Hall–Kier alpha value is -5.30. The zero-order chi connectivity index (χ0) is 32.4. The van der Waals surface area contributed by atoms with Crippen molar-refractivity contribution in [1.29, 1.82) is 0 Å². The number of morpholine rings is 1. The Morgan fingerprint density at radius 1 is 0.935 bits per heavy atom. The number of carbonyl (C=O) groups excluding carboxylic acids is 1. The molecule has 2 heterocycles. The maximum atomic E-state index is 14.4. The Morgan fingerprint density at radius 2 is 1.52 bits per heavy atom. The molecule has 3 aromatic carbocycles. The molecule has 0 N–H and O–H groups in total. The lowest BCUT2D eigenvalue weighted by Crippen LogP contribution is -2.37. The van der Waals surface area contributed by atoms with Crippen LogP contribution in [0.15, 0.2) is 71.3 Å². The molecule has 1 aliphatic carbocycles. The number of nitro groups is 2. The van der Waals surface area contributed by atoms with Crippen LogP contribution >= 0.6 is 0 Å². The summed E-state index contributed by atoms with van der Waals surface area (Å²) in [7, 11) is 3.18. The average molecular weight is 628 g/mol. The number of rotatable bonds is 8. The lowest BCUT2D eigenvalue weighted by molar-refractivity contribution is -0.392. The van der Waals surface area contributed by atoms with E-state index >= 15 is 0 Å². The van der Waals surface area contributed by atoms with E-state index in [1.807, 2.05) is 36.4 Å². The first kappa shape index (κ1) is 30.7. The molecule has 0 spiro atoms. The zero-order valence-electron chi connectivity index (χ0n) is 25.5. The van der Waals surface area contributed by atoms with Crippen molar-refractivity contribution in [3.63, 3.8) is 0 Å². The van der Waals surface area contributed by atoms with Gasteiger partial charge in [0.05, 0.1) is 54.6 Å². The van der Waals surface area contributed by atoms with Crippen molar-refractivity contribution in [2.45, 2.75) is 25.3 Å². The van der Waals surface area contributed by atoms with Crippen molar-refractivity contribution in [2.75, 3.05) is 45.4 Å². The van der Waals surface area contributed by atoms with Crippen LogP contribution in [-0.2, 0) is 4.74 Å². The maximum absolute atomic E-state index is 14.4. The molecule has 2 unspecified atom stereocenters. The van der Waals surface area contributed by atoms with E-state index in [2.05, 4.69) is 6.08 Å².